The molecular weight excluding hydrogens is 308 g/mol. The molecular formula is C14H24N2O5S. The summed E-state index contributed by atoms with van der Waals surface area (Å²) in [7, 11) is -3.23. The van der Waals surface area contributed by atoms with Crippen LogP contribution in [0.15, 0.2) is 0 Å². The van der Waals surface area contributed by atoms with Crippen molar-refractivity contribution in [3.8, 4) is 0 Å². The maximum atomic E-state index is 12.0. The van der Waals surface area contributed by atoms with E-state index in [1.54, 1.807) is 0 Å². The highest BCUT2D eigenvalue weighted by Crippen LogP contribution is 2.33. The van der Waals surface area contributed by atoms with Crippen molar-refractivity contribution in [3.63, 3.8) is 0 Å². The number of carbonyl (C=O) groups excluding carboxylic acids is 1. The zero-order valence-corrected chi connectivity index (χ0v) is 13.8. The smallest absolute Gasteiger partial charge is 0.248 e. The molecule has 0 radical (unpaired) electrons. The molecule has 1 amide bonds. The van der Waals surface area contributed by atoms with Gasteiger partial charge in [-0.2, -0.15) is 4.31 Å². The lowest BCUT2D eigenvalue weighted by atomic mass is 10.1. The van der Waals surface area contributed by atoms with E-state index in [1.807, 2.05) is 4.90 Å². The van der Waals surface area contributed by atoms with Crippen LogP contribution in [0.5, 0.6) is 0 Å². The molecule has 8 heteroatoms. The molecule has 0 aromatic heterocycles. The topological polar surface area (TPSA) is 76.1 Å². The predicted octanol–water partition coefficient (Wildman–Crippen LogP) is -0.183. The summed E-state index contributed by atoms with van der Waals surface area (Å²) in [6.45, 7) is 2.48. The van der Waals surface area contributed by atoms with Crippen LogP contribution in [-0.2, 0) is 24.3 Å². The molecule has 1 aliphatic carbocycles. The zero-order valence-electron chi connectivity index (χ0n) is 12.9. The summed E-state index contributed by atoms with van der Waals surface area (Å²) in [5, 5.41) is 0. The molecule has 0 N–H and O–H groups in total. The van der Waals surface area contributed by atoms with Gasteiger partial charge >= 0.3 is 0 Å². The molecule has 2 aliphatic heterocycles. The molecule has 0 aromatic carbocycles. The molecule has 3 aliphatic rings. The molecule has 7 nitrogen and oxygen atoms in total. The Balaban J connectivity index is 1.56. The van der Waals surface area contributed by atoms with Crippen molar-refractivity contribution >= 4 is 15.9 Å². The fraction of sp³-hybridized carbons (Fsp3) is 0.929. The number of rotatable bonds is 4. The van der Waals surface area contributed by atoms with E-state index in [0.29, 0.717) is 13.2 Å². The summed E-state index contributed by atoms with van der Waals surface area (Å²) >= 11 is 0. The summed E-state index contributed by atoms with van der Waals surface area (Å²) in [6.07, 6.45) is 4.37. The lowest BCUT2D eigenvalue weighted by Gasteiger charge is -2.37. The van der Waals surface area contributed by atoms with Gasteiger partial charge in [0.1, 0.15) is 12.7 Å². The Morgan fingerprint density at radius 1 is 1.23 bits per heavy atom. The molecule has 3 atom stereocenters. The first-order chi connectivity index (χ1) is 10.5. The minimum absolute atomic E-state index is 0.0247. The lowest BCUT2D eigenvalue weighted by molar-refractivity contribution is -0.143. The second kappa shape index (κ2) is 6.43. The van der Waals surface area contributed by atoms with Gasteiger partial charge in [0.05, 0.1) is 25.0 Å². The molecule has 0 unspecified atom stereocenters. The number of hydrogen-bond donors (Lipinski definition) is 0. The van der Waals surface area contributed by atoms with Crippen LogP contribution in [0.1, 0.15) is 25.7 Å². The number of amides is 1. The molecule has 3 rings (SSSR count). The SMILES string of the molecule is CS(=O)(=O)N1CCO[C@H]2[C@H](OCC(=O)N3CCCC3)CC[C@@H]21. The first-order valence-electron chi connectivity index (χ1n) is 7.94. The highest BCUT2D eigenvalue weighted by atomic mass is 32.2. The number of hydrogen-bond acceptors (Lipinski definition) is 5. The standard InChI is InChI=1S/C14H24N2O5S/c1-22(18,19)16-8-9-20-14-11(16)4-5-12(14)21-10-13(17)15-6-2-3-7-15/h11-12,14H,2-10H2,1H3/t11-,12+,14+/m0/s1. The molecule has 2 saturated heterocycles. The zero-order chi connectivity index (χ0) is 15.7. The quantitative estimate of drug-likeness (QED) is 0.714. The summed E-state index contributed by atoms with van der Waals surface area (Å²) < 4.78 is 36.7. The third-order valence-corrected chi connectivity index (χ3v) is 6.10. The van der Waals surface area contributed by atoms with E-state index in [4.69, 9.17) is 9.47 Å². The normalized spacial score (nSPS) is 33.1. The molecule has 0 bridgehead atoms. The van der Waals surface area contributed by atoms with Crippen molar-refractivity contribution in [1.29, 1.82) is 0 Å². The van der Waals surface area contributed by atoms with Crippen LogP contribution < -0.4 is 0 Å². The van der Waals surface area contributed by atoms with Gasteiger partial charge in [0, 0.05) is 19.6 Å². The number of ether oxygens (including phenoxy) is 2. The Labute approximate surface area is 131 Å². The molecule has 22 heavy (non-hydrogen) atoms. The number of carbonyl (C=O) groups is 1. The van der Waals surface area contributed by atoms with Crippen molar-refractivity contribution in [2.24, 2.45) is 0 Å². The predicted molar refractivity (Wildman–Crippen MR) is 79.9 cm³/mol. The summed E-state index contributed by atoms with van der Waals surface area (Å²) in [5.41, 5.74) is 0. The Bertz CT molecular complexity index is 517. The van der Waals surface area contributed by atoms with Gasteiger partial charge in [0.25, 0.3) is 0 Å². The van der Waals surface area contributed by atoms with Crippen molar-refractivity contribution in [2.45, 2.75) is 43.9 Å². The van der Waals surface area contributed by atoms with Gasteiger partial charge in [-0.25, -0.2) is 8.42 Å². The van der Waals surface area contributed by atoms with Crippen LogP contribution in [0.4, 0.5) is 0 Å². The second-order valence-corrected chi connectivity index (χ2v) is 8.23. The van der Waals surface area contributed by atoms with E-state index in [2.05, 4.69) is 0 Å². The summed E-state index contributed by atoms with van der Waals surface area (Å²) in [4.78, 5) is 13.9. The first-order valence-corrected chi connectivity index (χ1v) is 9.79. The molecule has 126 valence electrons. The fourth-order valence-corrected chi connectivity index (χ4v) is 4.83. The van der Waals surface area contributed by atoms with Crippen molar-refractivity contribution in [1.82, 2.24) is 9.21 Å². The van der Waals surface area contributed by atoms with Crippen LogP contribution in [-0.4, -0.2) is 80.9 Å². The third kappa shape index (κ3) is 3.29. The number of fused-ring (bicyclic) bond motifs is 1. The van der Waals surface area contributed by atoms with Gasteiger partial charge in [0.2, 0.25) is 15.9 Å². The highest BCUT2D eigenvalue weighted by molar-refractivity contribution is 7.88. The molecule has 3 fully saturated rings. The van der Waals surface area contributed by atoms with Crippen LogP contribution in [0.2, 0.25) is 0 Å². The summed E-state index contributed by atoms with van der Waals surface area (Å²) in [5.74, 6) is 0.0247. The van der Waals surface area contributed by atoms with Crippen LogP contribution in [0.3, 0.4) is 0 Å². The van der Waals surface area contributed by atoms with E-state index < -0.39 is 10.0 Å². The van der Waals surface area contributed by atoms with Gasteiger partial charge in [-0.05, 0) is 25.7 Å². The van der Waals surface area contributed by atoms with Crippen molar-refractivity contribution < 1.29 is 22.7 Å². The summed E-state index contributed by atoms with van der Waals surface area (Å²) in [6, 6.07) is -0.157. The molecule has 2 heterocycles. The molecule has 0 aromatic rings. The lowest BCUT2D eigenvalue weighted by Crippen LogP contribution is -2.53. The average molecular weight is 332 g/mol. The number of morpholine rings is 1. The monoisotopic (exact) mass is 332 g/mol. The maximum Gasteiger partial charge on any atom is 0.248 e. The van der Waals surface area contributed by atoms with E-state index in [-0.39, 0.29) is 30.8 Å². The third-order valence-electron chi connectivity index (χ3n) is 4.79. The highest BCUT2D eigenvalue weighted by Gasteiger charge is 2.46. The molecule has 1 saturated carbocycles. The van der Waals surface area contributed by atoms with Crippen LogP contribution in [0, 0.1) is 0 Å². The molecule has 0 spiro atoms. The average Bonchev–Trinajstić information content (AvgIpc) is 3.13. The first kappa shape index (κ1) is 16.2. The van der Waals surface area contributed by atoms with E-state index in [9.17, 15) is 13.2 Å². The Morgan fingerprint density at radius 3 is 2.64 bits per heavy atom. The Kier molecular flexibility index (Phi) is 4.72. The van der Waals surface area contributed by atoms with E-state index in [1.165, 1.54) is 10.6 Å². The van der Waals surface area contributed by atoms with Crippen molar-refractivity contribution in [2.75, 3.05) is 39.1 Å². The van der Waals surface area contributed by atoms with Gasteiger partial charge in [-0.15, -0.1) is 0 Å². The van der Waals surface area contributed by atoms with Gasteiger partial charge in [0.15, 0.2) is 0 Å². The van der Waals surface area contributed by atoms with Crippen LogP contribution in [0.25, 0.3) is 0 Å². The van der Waals surface area contributed by atoms with Gasteiger partial charge < -0.3 is 14.4 Å². The van der Waals surface area contributed by atoms with Crippen molar-refractivity contribution in [3.05, 3.63) is 0 Å². The minimum atomic E-state index is -3.23. The number of likely N-dealkylation sites (tertiary alicyclic amines) is 1. The van der Waals surface area contributed by atoms with Gasteiger partial charge in [-0.1, -0.05) is 0 Å². The number of nitrogens with zero attached hydrogens (tertiary/aromatic N) is 2. The van der Waals surface area contributed by atoms with E-state index >= 15 is 0 Å². The van der Waals surface area contributed by atoms with Gasteiger partial charge in [-0.3, -0.25) is 4.79 Å². The largest absolute Gasteiger partial charge is 0.372 e. The van der Waals surface area contributed by atoms with E-state index in [0.717, 1.165) is 38.8 Å². The second-order valence-electron chi connectivity index (χ2n) is 6.29. The number of sulfonamides is 1. The van der Waals surface area contributed by atoms with Crippen LogP contribution >= 0.6 is 0 Å². The minimum Gasteiger partial charge on any atom is -0.372 e. The fourth-order valence-electron chi connectivity index (χ4n) is 3.71. The maximum absolute atomic E-state index is 12.0. The Hall–Kier alpha value is -0.700. The Morgan fingerprint density at radius 2 is 1.95 bits per heavy atom.